The molecule has 0 aromatic carbocycles. The zero-order valence-electron chi connectivity index (χ0n) is 11.3. The predicted molar refractivity (Wildman–Crippen MR) is 73.5 cm³/mol. The van der Waals surface area contributed by atoms with Crippen LogP contribution in [0.4, 0.5) is 11.6 Å². The van der Waals surface area contributed by atoms with Gasteiger partial charge in [-0.25, -0.2) is 15.8 Å². The maximum atomic E-state index is 5.40. The van der Waals surface area contributed by atoms with Crippen molar-refractivity contribution < 1.29 is 0 Å². The van der Waals surface area contributed by atoms with Gasteiger partial charge in [-0.2, -0.15) is 0 Å². The minimum absolute atomic E-state index is 0.660. The van der Waals surface area contributed by atoms with Gasteiger partial charge in [0.2, 0.25) is 0 Å². The average Bonchev–Trinajstić information content (AvgIpc) is 2.73. The first-order valence-electron chi connectivity index (χ1n) is 6.30. The van der Waals surface area contributed by atoms with E-state index in [1.807, 2.05) is 13.0 Å². The van der Waals surface area contributed by atoms with E-state index in [4.69, 9.17) is 5.84 Å². The first kappa shape index (κ1) is 13.0. The number of anilines is 2. The maximum absolute atomic E-state index is 5.40. The predicted octanol–water partition coefficient (Wildman–Crippen LogP) is 0.459. The third kappa shape index (κ3) is 3.08. The Morgan fingerprint density at radius 1 is 1.56 bits per heavy atom. The molecule has 2 rings (SSSR count). The molecule has 1 aromatic heterocycles. The van der Waals surface area contributed by atoms with E-state index in [1.165, 1.54) is 13.0 Å². The fraction of sp³-hybridized carbons (Fsp3) is 0.667. The molecule has 1 fully saturated rings. The Labute approximate surface area is 108 Å². The molecule has 0 bridgehead atoms. The van der Waals surface area contributed by atoms with Crippen LogP contribution in [-0.4, -0.2) is 48.6 Å². The molecule has 1 atom stereocenters. The van der Waals surface area contributed by atoms with Crippen LogP contribution in [0.1, 0.15) is 12.2 Å². The number of likely N-dealkylation sites (tertiary alicyclic amines) is 1. The Balaban J connectivity index is 2.03. The van der Waals surface area contributed by atoms with Crippen molar-refractivity contribution in [1.29, 1.82) is 0 Å². The molecule has 100 valence electrons. The molecule has 0 radical (unpaired) electrons. The fourth-order valence-electron chi connectivity index (χ4n) is 2.48. The van der Waals surface area contributed by atoms with Crippen molar-refractivity contribution >= 4 is 11.6 Å². The summed E-state index contributed by atoms with van der Waals surface area (Å²) in [6, 6.07) is 1.88. The molecule has 1 unspecified atom stereocenters. The summed E-state index contributed by atoms with van der Waals surface area (Å²) in [4.78, 5) is 13.2. The van der Waals surface area contributed by atoms with Gasteiger partial charge >= 0.3 is 0 Å². The van der Waals surface area contributed by atoms with Crippen molar-refractivity contribution in [3.63, 3.8) is 0 Å². The lowest BCUT2D eigenvalue weighted by Crippen LogP contribution is -2.28. The summed E-state index contributed by atoms with van der Waals surface area (Å²) >= 11 is 0. The van der Waals surface area contributed by atoms with Crippen molar-refractivity contribution in [2.24, 2.45) is 11.8 Å². The number of hydrogen-bond donors (Lipinski definition) is 2. The van der Waals surface area contributed by atoms with Crippen LogP contribution in [0, 0.1) is 12.8 Å². The maximum Gasteiger partial charge on any atom is 0.145 e. The monoisotopic (exact) mass is 250 g/mol. The normalized spacial score (nSPS) is 20.1. The Morgan fingerprint density at radius 3 is 2.94 bits per heavy atom. The Kier molecular flexibility index (Phi) is 3.98. The second kappa shape index (κ2) is 5.49. The molecule has 18 heavy (non-hydrogen) atoms. The van der Waals surface area contributed by atoms with Gasteiger partial charge in [-0.3, -0.25) is 0 Å². The van der Waals surface area contributed by atoms with Gasteiger partial charge in [-0.15, -0.1) is 0 Å². The molecule has 0 spiro atoms. The zero-order valence-corrected chi connectivity index (χ0v) is 11.3. The molecule has 2 heterocycles. The van der Waals surface area contributed by atoms with Gasteiger partial charge in [0.05, 0.1) is 0 Å². The van der Waals surface area contributed by atoms with E-state index in [0.717, 1.165) is 24.7 Å². The largest absolute Gasteiger partial charge is 0.359 e. The lowest BCUT2D eigenvalue weighted by molar-refractivity contribution is 0.395. The second-order valence-corrected chi connectivity index (χ2v) is 5.10. The zero-order chi connectivity index (χ0) is 13.1. The Hall–Kier alpha value is -1.40. The van der Waals surface area contributed by atoms with Gasteiger partial charge < -0.3 is 15.2 Å². The molecule has 0 amide bonds. The molecular weight excluding hydrogens is 228 g/mol. The van der Waals surface area contributed by atoms with Crippen LogP contribution in [0.5, 0.6) is 0 Å². The minimum Gasteiger partial charge on any atom is -0.359 e. The Morgan fingerprint density at radius 2 is 2.33 bits per heavy atom. The van der Waals surface area contributed by atoms with Crippen molar-refractivity contribution in [2.45, 2.75) is 13.3 Å². The number of hydrazine groups is 1. The van der Waals surface area contributed by atoms with E-state index in [-0.39, 0.29) is 0 Å². The number of nitrogen functional groups attached to an aromatic ring is 1. The lowest BCUT2D eigenvalue weighted by Gasteiger charge is -2.22. The lowest BCUT2D eigenvalue weighted by atomic mass is 10.1. The van der Waals surface area contributed by atoms with Gasteiger partial charge in [-0.1, -0.05) is 0 Å². The summed E-state index contributed by atoms with van der Waals surface area (Å²) in [5, 5.41) is 0. The van der Waals surface area contributed by atoms with Gasteiger partial charge in [0.15, 0.2) is 0 Å². The number of nitrogens with zero attached hydrogens (tertiary/aromatic N) is 4. The van der Waals surface area contributed by atoms with Crippen molar-refractivity contribution in [3.8, 4) is 0 Å². The molecular formula is C12H22N6. The highest BCUT2D eigenvalue weighted by Gasteiger charge is 2.21. The van der Waals surface area contributed by atoms with E-state index in [0.29, 0.717) is 11.7 Å². The van der Waals surface area contributed by atoms with Crippen LogP contribution in [-0.2, 0) is 0 Å². The summed E-state index contributed by atoms with van der Waals surface area (Å²) in [6.45, 7) is 5.25. The summed E-state index contributed by atoms with van der Waals surface area (Å²) < 4.78 is 0. The molecule has 0 saturated carbocycles. The van der Waals surface area contributed by atoms with Crippen LogP contribution in [0.2, 0.25) is 0 Å². The van der Waals surface area contributed by atoms with E-state index in [1.54, 1.807) is 0 Å². The second-order valence-electron chi connectivity index (χ2n) is 5.10. The van der Waals surface area contributed by atoms with Crippen LogP contribution in [0.25, 0.3) is 0 Å². The molecule has 6 heteroatoms. The average molecular weight is 250 g/mol. The molecule has 0 aliphatic carbocycles. The smallest absolute Gasteiger partial charge is 0.145 e. The summed E-state index contributed by atoms with van der Waals surface area (Å²) in [6.07, 6.45) is 1.26. The minimum atomic E-state index is 0.660. The van der Waals surface area contributed by atoms with Crippen LogP contribution in [0.3, 0.4) is 0 Å². The van der Waals surface area contributed by atoms with Gasteiger partial charge in [-0.05, 0) is 32.9 Å². The highest BCUT2D eigenvalue weighted by atomic mass is 15.3. The number of nitrogens with two attached hydrogens (primary N) is 1. The SMILES string of the molecule is Cc1nc(NN)cc(N(C)CC2CCN(C)C2)n1. The molecule has 6 nitrogen and oxygen atoms in total. The topological polar surface area (TPSA) is 70.3 Å². The van der Waals surface area contributed by atoms with Gasteiger partial charge in [0.25, 0.3) is 0 Å². The number of aromatic nitrogens is 2. The number of rotatable bonds is 4. The number of hydrogen-bond acceptors (Lipinski definition) is 6. The molecule has 3 N–H and O–H groups in total. The van der Waals surface area contributed by atoms with E-state index in [2.05, 4.69) is 39.3 Å². The van der Waals surface area contributed by atoms with Gasteiger partial charge in [0.1, 0.15) is 17.5 Å². The van der Waals surface area contributed by atoms with Crippen molar-refractivity contribution in [2.75, 3.05) is 44.1 Å². The number of nitrogens with one attached hydrogen (secondary N) is 1. The number of aryl methyl sites for hydroxylation is 1. The van der Waals surface area contributed by atoms with Crippen LogP contribution < -0.4 is 16.2 Å². The highest BCUT2D eigenvalue weighted by molar-refractivity contribution is 5.48. The summed E-state index contributed by atoms with van der Waals surface area (Å²) in [5.41, 5.74) is 2.58. The van der Waals surface area contributed by atoms with Gasteiger partial charge in [0, 0.05) is 26.2 Å². The van der Waals surface area contributed by atoms with Crippen molar-refractivity contribution in [3.05, 3.63) is 11.9 Å². The molecule has 1 saturated heterocycles. The van der Waals surface area contributed by atoms with E-state index in [9.17, 15) is 0 Å². The Bertz CT molecular complexity index is 408. The third-order valence-electron chi connectivity index (χ3n) is 3.38. The molecule has 1 aromatic rings. The molecule has 1 aliphatic rings. The summed E-state index contributed by atoms with van der Waals surface area (Å²) in [5.74, 6) is 8.43. The molecule has 1 aliphatic heterocycles. The van der Waals surface area contributed by atoms with E-state index >= 15 is 0 Å². The van der Waals surface area contributed by atoms with Crippen LogP contribution >= 0.6 is 0 Å². The third-order valence-corrected chi connectivity index (χ3v) is 3.38. The first-order chi connectivity index (χ1) is 8.58. The first-order valence-corrected chi connectivity index (χ1v) is 6.30. The quantitative estimate of drug-likeness (QED) is 0.597. The fourth-order valence-corrected chi connectivity index (χ4v) is 2.48. The van der Waals surface area contributed by atoms with Crippen molar-refractivity contribution in [1.82, 2.24) is 14.9 Å². The van der Waals surface area contributed by atoms with Crippen LogP contribution in [0.15, 0.2) is 6.07 Å². The van der Waals surface area contributed by atoms with E-state index < -0.39 is 0 Å². The standard InChI is InChI=1S/C12H22N6/c1-9-14-11(16-13)6-12(15-9)18(3)8-10-4-5-17(2)7-10/h6,10H,4-5,7-8,13H2,1-3H3,(H,14,15,16). The highest BCUT2D eigenvalue weighted by Crippen LogP contribution is 2.19. The summed E-state index contributed by atoms with van der Waals surface area (Å²) in [7, 11) is 4.24.